The van der Waals surface area contributed by atoms with Crippen LogP contribution in [0.1, 0.15) is 33.6 Å². The third-order valence-corrected chi connectivity index (χ3v) is 5.98. The van der Waals surface area contributed by atoms with Gasteiger partial charge in [0.25, 0.3) is 0 Å². The van der Waals surface area contributed by atoms with Gasteiger partial charge < -0.3 is 14.1 Å². The largest absolute Gasteiger partial charge is 0.463 e. The molecule has 0 spiro atoms. The summed E-state index contributed by atoms with van der Waals surface area (Å²) in [5.41, 5.74) is 2.40. The Bertz CT molecular complexity index is 976. The van der Waals surface area contributed by atoms with E-state index in [-0.39, 0.29) is 6.04 Å². The fourth-order valence-corrected chi connectivity index (χ4v) is 4.38. The second kappa shape index (κ2) is 9.80. The van der Waals surface area contributed by atoms with E-state index in [2.05, 4.69) is 64.2 Å². The highest BCUT2D eigenvalue weighted by Gasteiger charge is 2.32. The number of quaternary nitrogens is 1. The number of rotatable bonds is 10. The summed E-state index contributed by atoms with van der Waals surface area (Å²) in [5.74, 6) is 1.77. The van der Waals surface area contributed by atoms with Gasteiger partial charge in [-0.25, -0.2) is 4.68 Å². The zero-order valence-corrected chi connectivity index (χ0v) is 18.0. The van der Waals surface area contributed by atoms with E-state index in [0.717, 1.165) is 24.7 Å². The molecule has 4 aromatic rings. The fraction of sp³-hybridized carbons (Fsp3) is 0.318. The van der Waals surface area contributed by atoms with Crippen molar-refractivity contribution in [3.63, 3.8) is 0 Å². The van der Waals surface area contributed by atoms with Crippen LogP contribution < -0.4 is 4.90 Å². The number of methoxy groups -OCH3 is 1. The standard InChI is InChI=1S/C22H25N5O2S/c1-17-7-9-18(10-8-17)21(22-23-24-25-27(22)11-13-28-2)26(15-19-5-3-12-29-19)16-20-6-4-14-30-20/h3-10,12,14,21H,11,13,15-16H2,1-2H3/p+1/t21-/m0/s1. The van der Waals surface area contributed by atoms with Crippen molar-refractivity contribution < 1.29 is 14.1 Å². The van der Waals surface area contributed by atoms with Gasteiger partial charge in [0.05, 0.1) is 24.3 Å². The first kappa shape index (κ1) is 20.5. The SMILES string of the molecule is COCCn1nnnc1[C@H](c1ccc(C)cc1)[NH+](Cc1ccco1)Cc1cccs1. The molecule has 0 fully saturated rings. The van der Waals surface area contributed by atoms with E-state index in [9.17, 15) is 0 Å². The number of hydrogen-bond donors (Lipinski definition) is 1. The number of ether oxygens (including phenoxy) is 1. The van der Waals surface area contributed by atoms with Crippen molar-refractivity contribution in [1.82, 2.24) is 20.2 Å². The summed E-state index contributed by atoms with van der Waals surface area (Å²) in [6, 6.07) is 16.8. The Morgan fingerprint density at radius 1 is 1.13 bits per heavy atom. The Morgan fingerprint density at radius 2 is 2.00 bits per heavy atom. The maximum Gasteiger partial charge on any atom is 0.214 e. The molecule has 30 heavy (non-hydrogen) atoms. The molecule has 0 radical (unpaired) electrons. The lowest BCUT2D eigenvalue weighted by atomic mass is 10.0. The summed E-state index contributed by atoms with van der Waals surface area (Å²) in [4.78, 5) is 2.61. The van der Waals surface area contributed by atoms with Gasteiger partial charge in [0.15, 0.2) is 11.8 Å². The maximum atomic E-state index is 5.70. The third-order valence-electron chi connectivity index (χ3n) is 5.11. The Morgan fingerprint density at radius 3 is 2.70 bits per heavy atom. The molecule has 0 aliphatic heterocycles. The molecule has 0 saturated carbocycles. The van der Waals surface area contributed by atoms with Gasteiger partial charge >= 0.3 is 0 Å². The number of tetrazole rings is 1. The van der Waals surface area contributed by atoms with Gasteiger partial charge in [-0.3, -0.25) is 0 Å². The van der Waals surface area contributed by atoms with E-state index < -0.39 is 0 Å². The zero-order chi connectivity index (χ0) is 20.8. The number of nitrogens with one attached hydrogen (secondary N) is 1. The van der Waals surface area contributed by atoms with E-state index in [0.29, 0.717) is 13.2 Å². The first-order chi connectivity index (χ1) is 14.7. The molecule has 156 valence electrons. The van der Waals surface area contributed by atoms with Crippen LogP contribution in [0.4, 0.5) is 0 Å². The lowest BCUT2D eigenvalue weighted by molar-refractivity contribution is -0.953. The number of benzene rings is 1. The van der Waals surface area contributed by atoms with E-state index in [4.69, 9.17) is 9.15 Å². The van der Waals surface area contributed by atoms with Crippen LogP contribution in [0.3, 0.4) is 0 Å². The summed E-state index contributed by atoms with van der Waals surface area (Å²) < 4.78 is 12.8. The van der Waals surface area contributed by atoms with Crippen LogP contribution in [0.5, 0.6) is 0 Å². The Kier molecular flexibility index (Phi) is 6.68. The van der Waals surface area contributed by atoms with Crippen LogP contribution in [0.15, 0.2) is 64.6 Å². The van der Waals surface area contributed by atoms with Gasteiger partial charge in [0, 0.05) is 12.7 Å². The van der Waals surface area contributed by atoms with Crippen LogP contribution in [-0.2, 0) is 24.4 Å². The van der Waals surface area contributed by atoms with Crippen molar-refractivity contribution in [3.05, 3.63) is 87.8 Å². The van der Waals surface area contributed by atoms with Gasteiger partial charge in [-0.2, -0.15) is 0 Å². The average Bonchev–Trinajstić information content (AvgIpc) is 3.52. The Hall–Kier alpha value is -2.81. The lowest BCUT2D eigenvalue weighted by Crippen LogP contribution is -3.10. The van der Waals surface area contributed by atoms with Gasteiger partial charge in [0.2, 0.25) is 5.82 Å². The molecule has 1 unspecified atom stereocenters. The monoisotopic (exact) mass is 424 g/mol. The average molecular weight is 425 g/mol. The second-order valence-corrected chi connectivity index (χ2v) is 8.30. The molecule has 2 atom stereocenters. The highest BCUT2D eigenvalue weighted by Crippen LogP contribution is 2.20. The maximum absolute atomic E-state index is 5.70. The first-order valence-corrected chi connectivity index (χ1v) is 10.8. The lowest BCUT2D eigenvalue weighted by Gasteiger charge is -2.27. The van der Waals surface area contributed by atoms with Crippen molar-refractivity contribution in [2.45, 2.75) is 32.6 Å². The predicted octanol–water partition coefficient (Wildman–Crippen LogP) is 2.66. The molecule has 0 aliphatic carbocycles. The summed E-state index contributed by atoms with van der Waals surface area (Å²) in [6.07, 6.45) is 1.72. The summed E-state index contributed by atoms with van der Waals surface area (Å²) in [7, 11) is 1.69. The Labute approximate surface area is 179 Å². The van der Waals surface area contributed by atoms with Gasteiger partial charge in [0.1, 0.15) is 13.1 Å². The minimum Gasteiger partial charge on any atom is -0.463 e. The zero-order valence-electron chi connectivity index (χ0n) is 17.2. The fourth-order valence-electron chi connectivity index (χ4n) is 3.62. The smallest absolute Gasteiger partial charge is 0.214 e. The molecule has 1 N–H and O–H groups in total. The molecule has 8 heteroatoms. The summed E-state index contributed by atoms with van der Waals surface area (Å²) in [5, 5.41) is 14.8. The highest BCUT2D eigenvalue weighted by molar-refractivity contribution is 7.09. The number of thiophene rings is 1. The van der Waals surface area contributed by atoms with Crippen molar-refractivity contribution in [2.24, 2.45) is 0 Å². The van der Waals surface area contributed by atoms with Crippen LogP contribution >= 0.6 is 11.3 Å². The number of aromatic nitrogens is 4. The minimum absolute atomic E-state index is 0.0512. The van der Waals surface area contributed by atoms with Gasteiger partial charge in [-0.15, -0.1) is 16.4 Å². The predicted molar refractivity (Wildman–Crippen MR) is 114 cm³/mol. The Balaban J connectivity index is 1.76. The van der Waals surface area contributed by atoms with Crippen molar-refractivity contribution >= 4 is 11.3 Å². The van der Waals surface area contributed by atoms with Crippen LogP contribution in [-0.4, -0.2) is 33.9 Å². The normalized spacial score (nSPS) is 13.4. The molecular formula is C22H26N5O2S+. The number of hydrogen-bond acceptors (Lipinski definition) is 6. The molecule has 0 bridgehead atoms. The van der Waals surface area contributed by atoms with Gasteiger partial charge in [-0.1, -0.05) is 35.9 Å². The van der Waals surface area contributed by atoms with Crippen molar-refractivity contribution in [3.8, 4) is 0 Å². The van der Waals surface area contributed by atoms with Crippen molar-refractivity contribution in [1.29, 1.82) is 0 Å². The topological polar surface area (TPSA) is 70.4 Å². The van der Waals surface area contributed by atoms with E-state index in [1.54, 1.807) is 24.7 Å². The molecule has 4 rings (SSSR count). The molecule has 0 aliphatic rings. The van der Waals surface area contributed by atoms with Crippen LogP contribution in [0.2, 0.25) is 0 Å². The summed E-state index contributed by atoms with van der Waals surface area (Å²) in [6.45, 7) is 4.82. The van der Waals surface area contributed by atoms with Crippen LogP contribution in [0.25, 0.3) is 0 Å². The van der Waals surface area contributed by atoms with E-state index in [1.165, 1.54) is 20.9 Å². The third kappa shape index (κ3) is 4.84. The second-order valence-electron chi connectivity index (χ2n) is 7.27. The molecule has 3 heterocycles. The van der Waals surface area contributed by atoms with Crippen LogP contribution in [0, 0.1) is 6.92 Å². The summed E-state index contributed by atoms with van der Waals surface area (Å²) >= 11 is 1.76. The van der Waals surface area contributed by atoms with Crippen molar-refractivity contribution in [2.75, 3.05) is 13.7 Å². The van der Waals surface area contributed by atoms with Gasteiger partial charge in [-0.05, 0) is 40.9 Å². The minimum atomic E-state index is -0.0512. The number of furan rings is 1. The van der Waals surface area contributed by atoms with E-state index >= 15 is 0 Å². The van der Waals surface area contributed by atoms with E-state index in [1.807, 2.05) is 16.8 Å². The molecule has 0 amide bonds. The number of nitrogens with zero attached hydrogens (tertiary/aromatic N) is 4. The highest BCUT2D eigenvalue weighted by atomic mass is 32.1. The quantitative estimate of drug-likeness (QED) is 0.424. The molecular weight excluding hydrogens is 398 g/mol. The first-order valence-electron chi connectivity index (χ1n) is 9.95. The molecule has 0 saturated heterocycles. The molecule has 7 nitrogen and oxygen atoms in total. The molecule has 1 aromatic carbocycles. The number of aryl methyl sites for hydroxylation is 1. The molecule has 3 aromatic heterocycles.